The first-order valence-corrected chi connectivity index (χ1v) is 7.64. The van der Waals surface area contributed by atoms with E-state index in [0.29, 0.717) is 5.92 Å². The third-order valence-corrected chi connectivity index (χ3v) is 5.41. The predicted octanol–water partition coefficient (Wildman–Crippen LogP) is 2.20. The lowest BCUT2D eigenvalue weighted by Crippen LogP contribution is -2.45. The maximum Gasteiger partial charge on any atom is 0.325 e. The smallest absolute Gasteiger partial charge is 0.325 e. The minimum absolute atomic E-state index is 0.115. The van der Waals surface area contributed by atoms with Crippen LogP contribution in [0.1, 0.15) is 39.0 Å². The zero-order valence-electron chi connectivity index (χ0n) is 10.8. The first-order valence-electron chi connectivity index (χ1n) is 6.59. The van der Waals surface area contributed by atoms with Crippen LogP contribution in [0, 0.1) is 5.92 Å². The minimum atomic E-state index is -0.446. The largest absolute Gasteiger partial charge is 0.468 e. The van der Waals surface area contributed by atoms with Gasteiger partial charge in [0.2, 0.25) is 0 Å². The third-order valence-electron chi connectivity index (χ3n) is 3.98. The number of hydrogen-bond acceptors (Lipinski definition) is 4. The average molecular weight is 257 g/mol. The second-order valence-electron chi connectivity index (χ2n) is 5.50. The highest BCUT2D eigenvalue weighted by Crippen LogP contribution is 2.35. The lowest BCUT2D eigenvalue weighted by atomic mass is 9.91. The van der Waals surface area contributed by atoms with Crippen molar-refractivity contribution in [1.29, 1.82) is 0 Å². The van der Waals surface area contributed by atoms with Crippen molar-refractivity contribution in [3.05, 3.63) is 0 Å². The van der Waals surface area contributed by atoms with Crippen LogP contribution in [0.15, 0.2) is 0 Å². The summed E-state index contributed by atoms with van der Waals surface area (Å²) in [6, 6.07) is 0. The summed E-state index contributed by atoms with van der Waals surface area (Å²) in [5.74, 6) is 1.84. The molecular weight excluding hydrogens is 234 g/mol. The normalized spacial score (nSPS) is 38.0. The first kappa shape index (κ1) is 13.2. The highest BCUT2D eigenvalue weighted by atomic mass is 32.2. The van der Waals surface area contributed by atoms with E-state index in [1.807, 2.05) is 6.92 Å². The maximum atomic E-state index is 11.7. The van der Waals surface area contributed by atoms with Crippen LogP contribution in [0.4, 0.5) is 0 Å². The molecule has 2 heterocycles. The fourth-order valence-corrected chi connectivity index (χ4v) is 4.45. The standard InChI is InChI=1S/C13H23NO2S/c1-13(12(15)16-2)8-10(9-14-13)7-11-5-3-4-6-17-11/h10-11,14H,3-9H2,1-2H3. The number of esters is 1. The minimum Gasteiger partial charge on any atom is -0.468 e. The van der Waals surface area contributed by atoms with E-state index in [1.54, 1.807) is 0 Å². The van der Waals surface area contributed by atoms with Crippen LogP contribution in [-0.2, 0) is 9.53 Å². The highest BCUT2D eigenvalue weighted by Gasteiger charge is 2.42. The van der Waals surface area contributed by atoms with E-state index in [1.165, 1.54) is 38.5 Å². The number of methoxy groups -OCH3 is 1. The number of rotatable bonds is 3. The molecule has 17 heavy (non-hydrogen) atoms. The molecule has 0 saturated carbocycles. The van der Waals surface area contributed by atoms with E-state index in [4.69, 9.17) is 4.74 Å². The van der Waals surface area contributed by atoms with Gasteiger partial charge in [0, 0.05) is 5.25 Å². The molecule has 0 amide bonds. The molecule has 98 valence electrons. The van der Waals surface area contributed by atoms with Crippen LogP contribution in [0.2, 0.25) is 0 Å². The Bertz CT molecular complexity index is 279. The fraction of sp³-hybridized carbons (Fsp3) is 0.923. The van der Waals surface area contributed by atoms with Gasteiger partial charge in [0.15, 0.2) is 0 Å². The quantitative estimate of drug-likeness (QED) is 0.787. The summed E-state index contributed by atoms with van der Waals surface area (Å²) < 4.78 is 4.87. The molecule has 3 nitrogen and oxygen atoms in total. The Kier molecular flexibility index (Phi) is 4.36. The zero-order chi connectivity index (χ0) is 12.3. The van der Waals surface area contributed by atoms with Crippen molar-refractivity contribution >= 4 is 17.7 Å². The second kappa shape index (κ2) is 5.61. The van der Waals surface area contributed by atoms with Gasteiger partial charge in [-0.1, -0.05) is 6.42 Å². The molecule has 0 aromatic rings. The van der Waals surface area contributed by atoms with Gasteiger partial charge in [-0.15, -0.1) is 0 Å². The summed E-state index contributed by atoms with van der Waals surface area (Å²) in [4.78, 5) is 11.7. The van der Waals surface area contributed by atoms with Gasteiger partial charge in [0.05, 0.1) is 7.11 Å². The average Bonchev–Trinajstić information content (AvgIpc) is 2.72. The number of carbonyl (C=O) groups is 1. The molecule has 0 aromatic carbocycles. The molecule has 2 saturated heterocycles. The number of thioether (sulfide) groups is 1. The Hall–Kier alpha value is -0.220. The van der Waals surface area contributed by atoms with Crippen LogP contribution in [0.25, 0.3) is 0 Å². The molecule has 0 spiro atoms. The van der Waals surface area contributed by atoms with E-state index in [2.05, 4.69) is 17.1 Å². The van der Waals surface area contributed by atoms with E-state index >= 15 is 0 Å². The van der Waals surface area contributed by atoms with Crippen molar-refractivity contribution in [1.82, 2.24) is 5.32 Å². The Morgan fingerprint density at radius 2 is 2.35 bits per heavy atom. The van der Waals surface area contributed by atoms with Crippen molar-refractivity contribution in [2.45, 2.75) is 49.8 Å². The molecular formula is C13H23NO2S. The summed E-state index contributed by atoms with van der Waals surface area (Å²) in [7, 11) is 1.47. The van der Waals surface area contributed by atoms with Gasteiger partial charge in [-0.25, -0.2) is 0 Å². The van der Waals surface area contributed by atoms with Gasteiger partial charge in [0.25, 0.3) is 0 Å². The Balaban J connectivity index is 1.82. The third kappa shape index (κ3) is 3.16. The van der Waals surface area contributed by atoms with Crippen LogP contribution >= 0.6 is 11.8 Å². The Morgan fingerprint density at radius 3 is 3.00 bits per heavy atom. The first-order chi connectivity index (χ1) is 8.14. The monoisotopic (exact) mass is 257 g/mol. The molecule has 2 fully saturated rings. The van der Waals surface area contributed by atoms with Crippen molar-refractivity contribution < 1.29 is 9.53 Å². The molecule has 2 aliphatic heterocycles. The number of ether oxygens (including phenoxy) is 1. The van der Waals surface area contributed by atoms with Gasteiger partial charge in [0.1, 0.15) is 5.54 Å². The van der Waals surface area contributed by atoms with Gasteiger partial charge >= 0.3 is 5.97 Å². The molecule has 0 aromatic heterocycles. The summed E-state index contributed by atoms with van der Waals surface area (Å²) in [5, 5.41) is 4.15. The van der Waals surface area contributed by atoms with Gasteiger partial charge in [-0.05, 0) is 50.8 Å². The van der Waals surface area contributed by atoms with Crippen LogP contribution < -0.4 is 5.32 Å². The van der Waals surface area contributed by atoms with Crippen LogP contribution in [0.5, 0.6) is 0 Å². The summed E-state index contributed by atoms with van der Waals surface area (Å²) >= 11 is 2.12. The summed E-state index contributed by atoms with van der Waals surface area (Å²) in [5.41, 5.74) is -0.446. The fourth-order valence-electron chi connectivity index (χ4n) is 3.00. The molecule has 4 heteroatoms. The molecule has 2 aliphatic rings. The van der Waals surface area contributed by atoms with E-state index < -0.39 is 5.54 Å². The Morgan fingerprint density at radius 1 is 1.53 bits per heavy atom. The number of hydrogen-bond donors (Lipinski definition) is 1. The zero-order valence-corrected chi connectivity index (χ0v) is 11.6. The highest BCUT2D eigenvalue weighted by molar-refractivity contribution is 7.99. The van der Waals surface area contributed by atoms with Crippen molar-refractivity contribution in [3.63, 3.8) is 0 Å². The van der Waals surface area contributed by atoms with Crippen molar-refractivity contribution in [2.75, 3.05) is 19.4 Å². The molecule has 0 aliphatic carbocycles. The molecule has 1 N–H and O–H groups in total. The van der Waals surface area contributed by atoms with E-state index in [-0.39, 0.29) is 5.97 Å². The number of nitrogens with one attached hydrogen (secondary N) is 1. The summed E-state index contributed by atoms with van der Waals surface area (Å²) in [6.45, 7) is 2.93. The van der Waals surface area contributed by atoms with Crippen LogP contribution in [0.3, 0.4) is 0 Å². The predicted molar refractivity (Wildman–Crippen MR) is 71.2 cm³/mol. The lowest BCUT2D eigenvalue weighted by Gasteiger charge is -2.24. The van der Waals surface area contributed by atoms with Gasteiger partial charge in [-0.2, -0.15) is 11.8 Å². The lowest BCUT2D eigenvalue weighted by molar-refractivity contribution is -0.147. The summed E-state index contributed by atoms with van der Waals surface area (Å²) in [6.07, 6.45) is 6.30. The molecule has 3 unspecified atom stereocenters. The number of carbonyl (C=O) groups excluding carboxylic acids is 1. The molecule has 2 rings (SSSR count). The topological polar surface area (TPSA) is 38.3 Å². The van der Waals surface area contributed by atoms with Crippen molar-refractivity contribution in [2.24, 2.45) is 5.92 Å². The van der Waals surface area contributed by atoms with E-state index in [9.17, 15) is 4.79 Å². The van der Waals surface area contributed by atoms with Gasteiger partial charge in [-0.3, -0.25) is 4.79 Å². The Labute approximate surface area is 108 Å². The van der Waals surface area contributed by atoms with E-state index in [0.717, 1.165) is 18.2 Å². The van der Waals surface area contributed by atoms with Crippen molar-refractivity contribution in [3.8, 4) is 0 Å². The molecule has 3 atom stereocenters. The second-order valence-corrected chi connectivity index (χ2v) is 6.91. The van der Waals surface area contributed by atoms with Crippen LogP contribution in [-0.4, -0.2) is 36.2 Å². The molecule has 0 radical (unpaired) electrons. The maximum absolute atomic E-state index is 11.7. The molecule has 0 bridgehead atoms. The van der Waals surface area contributed by atoms with Gasteiger partial charge < -0.3 is 10.1 Å². The SMILES string of the molecule is COC(=O)C1(C)CC(CC2CCCCS2)CN1.